The van der Waals surface area contributed by atoms with Crippen LogP contribution >= 0.6 is 23.5 Å². The first kappa shape index (κ1) is 20.8. The van der Waals surface area contributed by atoms with E-state index in [4.69, 9.17) is 0 Å². The van der Waals surface area contributed by atoms with Crippen LogP contribution in [0, 0.1) is 0 Å². The van der Waals surface area contributed by atoms with Gasteiger partial charge in [-0.05, 0) is 87.0 Å². The SMILES string of the molecule is CCN(CC)c1ccc(SC=CSc2ccc(N(CC)CC)cc2)cc1. The van der Waals surface area contributed by atoms with Crippen molar-refractivity contribution in [1.29, 1.82) is 0 Å². The molecule has 4 heteroatoms. The molecule has 140 valence electrons. The second kappa shape index (κ2) is 11.2. The fraction of sp³-hybridized carbons (Fsp3) is 0.364. The predicted octanol–water partition coefficient (Wildman–Crippen LogP) is 6.73. The molecule has 2 aromatic carbocycles. The minimum atomic E-state index is 1.05. The number of rotatable bonds is 10. The first-order valence-electron chi connectivity index (χ1n) is 9.40. The number of nitrogens with zero attached hydrogens (tertiary/aromatic N) is 2. The fourth-order valence-corrected chi connectivity index (χ4v) is 4.21. The average Bonchev–Trinajstić information content (AvgIpc) is 2.69. The second-order valence-corrected chi connectivity index (χ2v) is 7.80. The number of thioether (sulfide) groups is 2. The molecule has 0 N–H and O–H groups in total. The molecule has 0 unspecified atom stereocenters. The molecular weight excluding hydrogens is 356 g/mol. The van der Waals surface area contributed by atoms with E-state index in [0.717, 1.165) is 26.2 Å². The lowest BCUT2D eigenvalue weighted by molar-refractivity contribution is 0.865. The van der Waals surface area contributed by atoms with Crippen molar-refractivity contribution < 1.29 is 0 Å². The van der Waals surface area contributed by atoms with Gasteiger partial charge in [-0.2, -0.15) is 0 Å². The highest BCUT2D eigenvalue weighted by atomic mass is 32.2. The lowest BCUT2D eigenvalue weighted by atomic mass is 10.3. The Bertz CT molecular complexity index is 598. The van der Waals surface area contributed by atoms with Crippen LogP contribution in [0.2, 0.25) is 0 Å². The van der Waals surface area contributed by atoms with Crippen LogP contribution < -0.4 is 9.80 Å². The molecule has 0 aliphatic rings. The summed E-state index contributed by atoms with van der Waals surface area (Å²) in [4.78, 5) is 7.27. The van der Waals surface area contributed by atoms with Gasteiger partial charge in [0, 0.05) is 47.3 Å². The van der Waals surface area contributed by atoms with Gasteiger partial charge in [0.25, 0.3) is 0 Å². The van der Waals surface area contributed by atoms with Crippen LogP contribution in [-0.4, -0.2) is 26.2 Å². The van der Waals surface area contributed by atoms with E-state index in [2.05, 4.69) is 96.8 Å². The fourth-order valence-electron chi connectivity index (χ4n) is 2.86. The van der Waals surface area contributed by atoms with Gasteiger partial charge < -0.3 is 9.80 Å². The zero-order valence-corrected chi connectivity index (χ0v) is 17.9. The van der Waals surface area contributed by atoms with Crippen LogP contribution in [0.1, 0.15) is 27.7 Å². The summed E-state index contributed by atoms with van der Waals surface area (Å²) in [5.74, 6) is 0. The number of anilines is 2. The molecule has 2 nitrogen and oxygen atoms in total. The monoisotopic (exact) mass is 386 g/mol. The van der Waals surface area contributed by atoms with Crippen LogP contribution in [0.25, 0.3) is 0 Å². The van der Waals surface area contributed by atoms with Crippen molar-refractivity contribution in [1.82, 2.24) is 0 Å². The Morgan fingerprint density at radius 1 is 0.577 bits per heavy atom. The third-order valence-corrected chi connectivity index (χ3v) is 6.20. The van der Waals surface area contributed by atoms with Gasteiger partial charge in [0.15, 0.2) is 0 Å². The Morgan fingerprint density at radius 3 is 1.15 bits per heavy atom. The van der Waals surface area contributed by atoms with Crippen molar-refractivity contribution in [2.45, 2.75) is 37.5 Å². The molecule has 0 atom stereocenters. The summed E-state index contributed by atoms with van der Waals surface area (Å²) >= 11 is 3.52. The molecule has 0 fully saturated rings. The quantitative estimate of drug-likeness (QED) is 0.417. The number of hydrogen-bond donors (Lipinski definition) is 0. The zero-order chi connectivity index (χ0) is 18.8. The van der Waals surface area contributed by atoms with Gasteiger partial charge in [-0.25, -0.2) is 0 Å². The first-order valence-corrected chi connectivity index (χ1v) is 11.2. The lowest BCUT2D eigenvalue weighted by Gasteiger charge is -2.21. The van der Waals surface area contributed by atoms with E-state index in [1.54, 1.807) is 23.5 Å². The maximum Gasteiger partial charge on any atom is 0.0366 e. The van der Waals surface area contributed by atoms with Crippen molar-refractivity contribution in [3.8, 4) is 0 Å². The number of benzene rings is 2. The second-order valence-electron chi connectivity index (χ2n) is 5.84. The Balaban J connectivity index is 1.85. The molecule has 2 rings (SSSR count). The first-order chi connectivity index (χ1) is 12.7. The van der Waals surface area contributed by atoms with Crippen LogP contribution in [-0.2, 0) is 0 Å². The molecule has 0 aliphatic heterocycles. The van der Waals surface area contributed by atoms with Gasteiger partial charge in [-0.1, -0.05) is 23.5 Å². The van der Waals surface area contributed by atoms with Gasteiger partial charge in [-0.15, -0.1) is 0 Å². The van der Waals surface area contributed by atoms with E-state index >= 15 is 0 Å². The Morgan fingerprint density at radius 2 is 0.885 bits per heavy atom. The molecule has 0 spiro atoms. The van der Waals surface area contributed by atoms with Crippen LogP contribution in [0.3, 0.4) is 0 Å². The maximum absolute atomic E-state index is 2.36. The van der Waals surface area contributed by atoms with Gasteiger partial charge >= 0.3 is 0 Å². The lowest BCUT2D eigenvalue weighted by Crippen LogP contribution is -2.21. The highest BCUT2D eigenvalue weighted by Gasteiger charge is 2.02. The van der Waals surface area contributed by atoms with E-state index in [1.807, 2.05) is 0 Å². The summed E-state index contributed by atoms with van der Waals surface area (Å²) in [6.07, 6.45) is 0. The van der Waals surface area contributed by atoms with Crippen molar-refractivity contribution >= 4 is 34.9 Å². The molecule has 0 radical (unpaired) electrons. The summed E-state index contributed by atoms with van der Waals surface area (Å²) in [7, 11) is 0. The largest absolute Gasteiger partial charge is 0.372 e. The molecule has 0 saturated heterocycles. The molecule has 0 aromatic heterocycles. The van der Waals surface area contributed by atoms with E-state index < -0.39 is 0 Å². The van der Waals surface area contributed by atoms with Crippen molar-refractivity contribution in [3.05, 3.63) is 59.3 Å². The topological polar surface area (TPSA) is 6.48 Å². The van der Waals surface area contributed by atoms with Gasteiger partial charge in [0.05, 0.1) is 0 Å². The third-order valence-electron chi connectivity index (χ3n) is 4.39. The minimum absolute atomic E-state index is 1.05. The van der Waals surface area contributed by atoms with E-state index in [9.17, 15) is 0 Å². The van der Waals surface area contributed by atoms with Crippen molar-refractivity contribution in [2.75, 3.05) is 36.0 Å². The summed E-state index contributed by atoms with van der Waals surface area (Å²) < 4.78 is 0. The Labute approximate surface area is 167 Å². The minimum Gasteiger partial charge on any atom is -0.372 e. The maximum atomic E-state index is 2.36. The van der Waals surface area contributed by atoms with E-state index in [-0.39, 0.29) is 0 Å². The standard InChI is InChI=1S/C22H30N2S2/c1-5-23(6-2)19-9-13-21(14-10-19)25-17-18-26-22-15-11-20(12-16-22)24(7-3)8-4/h9-18H,5-8H2,1-4H3. The molecule has 2 aromatic rings. The molecule has 0 bridgehead atoms. The Hall–Kier alpha value is -1.52. The van der Waals surface area contributed by atoms with Crippen molar-refractivity contribution in [3.63, 3.8) is 0 Å². The molecule has 0 aliphatic carbocycles. The van der Waals surface area contributed by atoms with Gasteiger partial charge in [0.2, 0.25) is 0 Å². The summed E-state index contributed by atoms with van der Waals surface area (Å²) in [6, 6.07) is 17.6. The van der Waals surface area contributed by atoms with Crippen LogP contribution in [0.5, 0.6) is 0 Å². The average molecular weight is 387 g/mol. The van der Waals surface area contributed by atoms with Crippen LogP contribution in [0.15, 0.2) is 69.1 Å². The summed E-state index contributed by atoms with van der Waals surface area (Å²) in [5, 5.41) is 4.32. The van der Waals surface area contributed by atoms with Crippen molar-refractivity contribution in [2.24, 2.45) is 0 Å². The normalized spacial score (nSPS) is 11.1. The highest BCUT2D eigenvalue weighted by Crippen LogP contribution is 2.27. The third kappa shape index (κ3) is 6.03. The van der Waals surface area contributed by atoms with Gasteiger partial charge in [0.1, 0.15) is 0 Å². The highest BCUT2D eigenvalue weighted by molar-refractivity contribution is 8.05. The zero-order valence-electron chi connectivity index (χ0n) is 16.3. The van der Waals surface area contributed by atoms with E-state index in [1.165, 1.54) is 21.2 Å². The smallest absolute Gasteiger partial charge is 0.0366 e. The molecule has 0 amide bonds. The van der Waals surface area contributed by atoms with Crippen LogP contribution in [0.4, 0.5) is 11.4 Å². The molecule has 26 heavy (non-hydrogen) atoms. The number of hydrogen-bond acceptors (Lipinski definition) is 4. The molecule has 0 heterocycles. The Kier molecular flexibility index (Phi) is 8.99. The summed E-state index contributed by atoms with van der Waals surface area (Å²) in [5.41, 5.74) is 2.59. The van der Waals surface area contributed by atoms with Gasteiger partial charge in [-0.3, -0.25) is 0 Å². The predicted molar refractivity (Wildman–Crippen MR) is 121 cm³/mol. The van der Waals surface area contributed by atoms with E-state index in [0.29, 0.717) is 0 Å². The summed E-state index contributed by atoms with van der Waals surface area (Å²) in [6.45, 7) is 13.0. The molecular formula is C22H30N2S2. The molecule has 0 saturated carbocycles.